The Morgan fingerprint density at radius 1 is 1.28 bits per heavy atom. The average Bonchev–Trinajstić information content (AvgIpc) is 2.87. The van der Waals surface area contributed by atoms with E-state index in [1.54, 1.807) is 0 Å². The van der Waals surface area contributed by atoms with Gasteiger partial charge < -0.3 is 0 Å². The highest BCUT2D eigenvalue weighted by Crippen LogP contribution is 2.25. The molecule has 0 bridgehead atoms. The van der Waals surface area contributed by atoms with Crippen LogP contribution in [0.1, 0.15) is 21.6 Å². The third kappa shape index (κ3) is 2.17. The maximum absolute atomic E-state index is 9.11. The van der Waals surface area contributed by atoms with E-state index in [1.807, 2.05) is 29.5 Å². The van der Waals surface area contributed by atoms with Crippen LogP contribution in [0.5, 0.6) is 0 Å². The van der Waals surface area contributed by atoms with Crippen LogP contribution >= 0.6 is 11.3 Å². The Morgan fingerprint density at radius 3 is 3.06 bits per heavy atom. The number of fused-ring (bicyclic) bond motifs is 1. The fourth-order valence-corrected chi connectivity index (χ4v) is 3.34. The summed E-state index contributed by atoms with van der Waals surface area (Å²) in [5.41, 5.74) is 3.40. The van der Waals surface area contributed by atoms with Gasteiger partial charge in [-0.3, -0.25) is 4.90 Å². The molecule has 3 heteroatoms. The van der Waals surface area contributed by atoms with Crippen molar-refractivity contribution in [2.24, 2.45) is 0 Å². The Bertz CT molecular complexity index is 595. The summed E-state index contributed by atoms with van der Waals surface area (Å²) in [7, 11) is 0. The summed E-state index contributed by atoms with van der Waals surface area (Å²) in [6.45, 7) is 2.98. The summed E-state index contributed by atoms with van der Waals surface area (Å²) in [6, 6.07) is 12.4. The number of nitriles is 1. The molecule has 3 rings (SSSR count). The molecule has 0 N–H and O–H groups in total. The first kappa shape index (κ1) is 11.5. The van der Waals surface area contributed by atoms with Crippen LogP contribution in [0.4, 0.5) is 0 Å². The number of nitrogens with zero attached hydrogens (tertiary/aromatic N) is 2. The van der Waals surface area contributed by atoms with Crippen LogP contribution in [-0.2, 0) is 19.5 Å². The van der Waals surface area contributed by atoms with Crippen LogP contribution in [0.15, 0.2) is 35.7 Å². The van der Waals surface area contributed by atoms with Crippen LogP contribution in [0.2, 0.25) is 0 Å². The number of hydrogen-bond donors (Lipinski definition) is 0. The smallest absolute Gasteiger partial charge is 0.0995 e. The van der Waals surface area contributed by atoms with Crippen molar-refractivity contribution >= 4 is 11.3 Å². The average molecular weight is 254 g/mol. The van der Waals surface area contributed by atoms with Crippen LogP contribution in [0.3, 0.4) is 0 Å². The van der Waals surface area contributed by atoms with Gasteiger partial charge in [-0.25, -0.2) is 0 Å². The highest BCUT2D eigenvalue weighted by Gasteiger charge is 2.17. The lowest BCUT2D eigenvalue weighted by molar-refractivity contribution is 0.247. The van der Waals surface area contributed by atoms with E-state index in [0.717, 1.165) is 37.2 Å². The Labute approximate surface area is 111 Å². The topological polar surface area (TPSA) is 27.0 Å². The molecule has 0 amide bonds. The third-order valence-electron chi connectivity index (χ3n) is 3.42. The Kier molecular flexibility index (Phi) is 3.14. The SMILES string of the molecule is N#Cc1ccccc1CN1CCc2sccc2C1. The van der Waals surface area contributed by atoms with Gasteiger partial charge in [-0.05, 0) is 35.1 Å². The minimum absolute atomic E-state index is 0.800. The number of thiophene rings is 1. The van der Waals surface area contributed by atoms with E-state index < -0.39 is 0 Å². The fourth-order valence-electron chi connectivity index (χ4n) is 2.45. The van der Waals surface area contributed by atoms with Gasteiger partial charge in [0.15, 0.2) is 0 Å². The zero-order valence-electron chi connectivity index (χ0n) is 10.1. The molecule has 2 nitrogen and oxygen atoms in total. The Morgan fingerprint density at radius 2 is 2.17 bits per heavy atom. The van der Waals surface area contributed by atoms with Crippen molar-refractivity contribution in [1.82, 2.24) is 4.90 Å². The Hall–Kier alpha value is -1.63. The lowest BCUT2D eigenvalue weighted by Gasteiger charge is -2.27. The first-order valence-corrected chi connectivity index (χ1v) is 7.00. The molecule has 2 aromatic rings. The normalized spacial score (nSPS) is 15.1. The quantitative estimate of drug-likeness (QED) is 0.823. The summed E-state index contributed by atoms with van der Waals surface area (Å²) >= 11 is 1.86. The lowest BCUT2D eigenvalue weighted by atomic mass is 10.1. The molecule has 1 aliphatic rings. The minimum Gasteiger partial charge on any atom is -0.294 e. The molecule has 0 unspecified atom stereocenters. The van der Waals surface area contributed by atoms with E-state index in [1.165, 1.54) is 10.4 Å². The van der Waals surface area contributed by atoms with Crippen LogP contribution in [0, 0.1) is 11.3 Å². The van der Waals surface area contributed by atoms with E-state index >= 15 is 0 Å². The first-order chi connectivity index (χ1) is 8.86. The van der Waals surface area contributed by atoms with Crippen molar-refractivity contribution in [3.63, 3.8) is 0 Å². The minimum atomic E-state index is 0.800. The highest BCUT2D eigenvalue weighted by atomic mass is 32.1. The zero-order valence-corrected chi connectivity index (χ0v) is 10.9. The molecule has 0 spiro atoms. The second kappa shape index (κ2) is 4.93. The van der Waals surface area contributed by atoms with Gasteiger partial charge >= 0.3 is 0 Å². The van der Waals surface area contributed by atoms with Crippen LogP contribution < -0.4 is 0 Å². The second-order valence-electron chi connectivity index (χ2n) is 4.60. The monoisotopic (exact) mass is 254 g/mol. The molecule has 0 radical (unpaired) electrons. The molecule has 1 aromatic heterocycles. The van der Waals surface area contributed by atoms with E-state index in [0.29, 0.717) is 0 Å². The van der Waals surface area contributed by atoms with Gasteiger partial charge in [-0.2, -0.15) is 5.26 Å². The summed E-state index contributed by atoms with van der Waals surface area (Å²) in [4.78, 5) is 3.95. The maximum Gasteiger partial charge on any atom is 0.0995 e. The predicted molar refractivity (Wildman–Crippen MR) is 73.3 cm³/mol. The molecule has 1 aromatic carbocycles. The molecule has 0 atom stereocenters. The van der Waals surface area contributed by atoms with Gasteiger partial charge in [0.05, 0.1) is 11.6 Å². The molecule has 18 heavy (non-hydrogen) atoms. The van der Waals surface area contributed by atoms with E-state index in [9.17, 15) is 0 Å². The second-order valence-corrected chi connectivity index (χ2v) is 5.60. The van der Waals surface area contributed by atoms with E-state index in [-0.39, 0.29) is 0 Å². The first-order valence-electron chi connectivity index (χ1n) is 6.12. The molecule has 0 aliphatic carbocycles. The maximum atomic E-state index is 9.11. The van der Waals surface area contributed by atoms with E-state index in [4.69, 9.17) is 5.26 Å². The number of rotatable bonds is 2. The van der Waals surface area contributed by atoms with Crippen molar-refractivity contribution in [3.05, 3.63) is 57.3 Å². The fraction of sp³-hybridized carbons (Fsp3) is 0.267. The molecule has 0 saturated carbocycles. The highest BCUT2D eigenvalue weighted by molar-refractivity contribution is 7.10. The molecular weight excluding hydrogens is 240 g/mol. The summed E-state index contributed by atoms with van der Waals surface area (Å²) in [6.07, 6.45) is 1.14. The van der Waals surface area contributed by atoms with Gasteiger partial charge in [-0.15, -0.1) is 11.3 Å². The zero-order chi connectivity index (χ0) is 12.4. The van der Waals surface area contributed by atoms with Crippen molar-refractivity contribution in [2.75, 3.05) is 6.54 Å². The predicted octanol–water partition coefficient (Wildman–Crippen LogP) is 3.18. The summed E-state index contributed by atoms with van der Waals surface area (Å²) < 4.78 is 0. The molecule has 90 valence electrons. The molecular formula is C15H14N2S. The van der Waals surface area contributed by atoms with Crippen LogP contribution in [0.25, 0.3) is 0 Å². The summed E-state index contributed by atoms with van der Waals surface area (Å²) in [5.74, 6) is 0. The largest absolute Gasteiger partial charge is 0.294 e. The van der Waals surface area contributed by atoms with Gasteiger partial charge in [0.25, 0.3) is 0 Å². The van der Waals surface area contributed by atoms with Crippen molar-refractivity contribution < 1.29 is 0 Å². The standard InChI is InChI=1S/C15H14N2S/c16-9-12-3-1-2-4-13(12)10-17-7-5-15-14(11-17)6-8-18-15/h1-4,6,8H,5,7,10-11H2. The van der Waals surface area contributed by atoms with Gasteiger partial charge in [0.2, 0.25) is 0 Å². The van der Waals surface area contributed by atoms with Crippen molar-refractivity contribution in [3.8, 4) is 6.07 Å². The number of hydrogen-bond acceptors (Lipinski definition) is 3. The van der Waals surface area contributed by atoms with Crippen molar-refractivity contribution in [1.29, 1.82) is 5.26 Å². The molecule has 0 saturated heterocycles. The summed E-state index contributed by atoms with van der Waals surface area (Å²) in [5, 5.41) is 11.3. The molecule has 2 heterocycles. The van der Waals surface area contributed by atoms with Crippen LogP contribution in [-0.4, -0.2) is 11.4 Å². The van der Waals surface area contributed by atoms with E-state index in [2.05, 4.69) is 28.5 Å². The number of benzene rings is 1. The van der Waals surface area contributed by atoms with Gasteiger partial charge in [-0.1, -0.05) is 18.2 Å². The Balaban J connectivity index is 1.77. The molecule has 0 fully saturated rings. The molecule has 1 aliphatic heterocycles. The lowest BCUT2D eigenvalue weighted by Crippen LogP contribution is -2.29. The van der Waals surface area contributed by atoms with Gasteiger partial charge in [0, 0.05) is 24.5 Å². The van der Waals surface area contributed by atoms with Crippen molar-refractivity contribution in [2.45, 2.75) is 19.5 Å². The third-order valence-corrected chi connectivity index (χ3v) is 4.44. The van der Waals surface area contributed by atoms with Gasteiger partial charge in [0.1, 0.15) is 0 Å².